The minimum Gasteiger partial charge on any atom is -0.466 e. The van der Waals surface area contributed by atoms with E-state index in [0.29, 0.717) is 25.0 Å². The fraction of sp³-hybridized carbons (Fsp3) is 0.875. The molecule has 0 aliphatic heterocycles. The first-order valence-corrected chi connectivity index (χ1v) is 8.02. The van der Waals surface area contributed by atoms with Crippen LogP contribution in [0, 0.1) is 23.7 Å². The zero-order valence-electron chi connectivity index (χ0n) is 12.6. The molecule has 2 fully saturated rings. The van der Waals surface area contributed by atoms with Gasteiger partial charge in [0.05, 0.1) is 25.0 Å². The molecule has 0 spiro atoms. The number of esters is 2. The first kappa shape index (κ1) is 15.3. The molecular formula is C16H26O4. The Bertz CT molecular complexity index is 352. The molecule has 0 aromatic carbocycles. The average molecular weight is 282 g/mol. The van der Waals surface area contributed by atoms with E-state index in [2.05, 4.69) is 0 Å². The molecule has 2 rings (SSSR count). The monoisotopic (exact) mass is 282 g/mol. The third-order valence-corrected chi connectivity index (χ3v) is 4.86. The molecule has 0 aromatic rings. The first-order valence-electron chi connectivity index (χ1n) is 8.02. The van der Waals surface area contributed by atoms with Gasteiger partial charge in [-0.15, -0.1) is 0 Å². The van der Waals surface area contributed by atoms with Crippen molar-refractivity contribution in [1.82, 2.24) is 0 Å². The lowest BCUT2D eigenvalue weighted by Crippen LogP contribution is -2.45. The molecule has 0 bridgehead atoms. The summed E-state index contributed by atoms with van der Waals surface area (Å²) in [5, 5.41) is 0. The van der Waals surface area contributed by atoms with Crippen molar-refractivity contribution in [3.05, 3.63) is 0 Å². The maximum atomic E-state index is 12.3. The summed E-state index contributed by atoms with van der Waals surface area (Å²) in [5.41, 5.74) is 0. The molecule has 0 saturated heterocycles. The fourth-order valence-corrected chi connectivity index (χ4v) is 4.03. The summed E-state index contributed by atoms with van der Waals surface area (Å²) >= 11 is 0. The summed E-state index contributed by atoms with van der Waals surface area (Å²) in [6.45, 7) is 4.38. The van der Waals surface area contributed by atoms with Gasteiger partial charge < -0.3 is 9.47 Å². The molecule has 2 aliphatic rings. The van der Waals surface area contributed by atoms with Crippen molar-refractivity contribution < 1.29 is 19.1 Å². The van der Waals surface area contributed by atoms with Gasteiger partial charge >= 0.3 is 11.9 Å². The minimum atomic E-state index is -0.298. The number of ether oxygens (including phenoxy) is 2. The highest BCUT2D eigenvalue weighted by atomic mass is 16.5. The van der Waals surface area contributed by atoms with E-state index in [9.17, 15) is 9.59 Å². The van der Waals surface area contributed by atoms with E-state index in [-0.39, 0.29) is 23.8 Å². The third-order valence-electron chi connectivity index (χ3n) is 4.86. The first-order chi connectivity index (χ1) is 9.69. The maximum absolute atomic E-state index is 12.3. The van der Waals surface area contributed by atoms with Crippen LogP contribution in [0.5, 0.6) is 0 Å². The van der Waals surface area contributed by atoms with E-state index in [0.717, 1.165) is 25.7 Å². The van der Waals surface area contributed by atoms with Crippen LogP contribution in [-0.2, 0) is 19.1 Å². The third kappa shape index (κ3) is 3.15. The van der Waals surface area contributed by atoms with Crippen molar-refractivity contribution in [3.63, 3.8) is 0 Å². The second-order valence-corrected chi connectivity index (χ2v) is 5.92. The van der Waals surface area contributed by atoms with Gasteiger partial charge in [0.2, 0.25) is 0 Å². The molecule has 4 atom stereocenters. The SMILES string of the molecule is CCOC(=O)C1CCC2CCCCC2C1C(=O)OCC. The number of hydrogen-bond donors (Lipinski definition) is 0. The van der Waals surface area contributed by atoms with E-state index in [4.69, 9.17) is 9.47 Å². The predicted molar refractivity (Wildman–Crippen MR) is 74.9 cm³/mol. The molecule has 0 N–H and O–H groups in total. The zero-order valence-corrected chi connectivity index (χ0v) is 12.6. The number of rotatable bonds is 4. The highest BCUT2D eigenvalue weighted by molar-refractivity contribution is 5.82. The van der Waals surface area contributed by atoms with Crippen LogP contribution >= 0.6 is 0 Å². The van der Waals surface area contributed by atoms with Gasteiger partial charge in [-0.25, -0.2) is 0 Å². The predicted octanol–water partition coefficient (Wildman–Crippen LogP) is 2.95. The van der Waals surface area contributed by atoms with Crippen LogP contribution in [0.3, 0.4) is 0 Å². The Morgan fingerprint density at radius 2 is 1.55 bits per heavy atom. The molecule has 4 nitrogen and oxygen atoms in total. The number of hydrogen-bond acceptors (Lipinski definition) is 4. The van der Waals surface area contributed by atoms with Crippen molar-refractivity contribution >= 4 is 11.9 Å². The van der Waals surface area contributed by atoms with Gasteiger partial charge in [0.15, 0.2) is 0 Å². The Morgan fingerprint density at radius 3 is 2.25 bits per heavy atom. The molecule has 0 amide bonds. The standard InChI is InChI=1S/C16H26O4/c1-3-19-15(17)13-10-9-11-7-5-6-8-12(11)14(13)16(18)20-4-2/h11-14H,3-10H2,1-2H3. The van der Waals surface area contributed by atoms with Crippen molar-refractivity contribution in [1.29, 1.82) is 0 Å². The fourth-order valence-electron chi connectivity index (χ4n) is 4.03. The molecule has 114 valence electrons. The van der Waals surface area contributed by atoms with Gasteiger partial charge in [0, 0.05) is 0 Å². The Kier molecular flexibility index (Phi) is 5.44. The topological polar surface area (TPSA) is 52.6 Å². The maximum Gasteiger partial charge on any atom is 0.310 e. The van der Waals surface area contributed by atoms with E-state index in [1.54, 1.807) is 0 Å². The van der Waals surface area contributed by atoms with Crippen LogP contribution < -0.4 is 0 Å². The average Bonchev–Trinajstić information content (AvgIpc) is 2.46. The van der Waals surface area contributed by atoms with E-state index in [1.807, 2.05) is 13.8 Å². The smallest absolute Gasteiger partial charge is 0.310 e. The lowest BCUT2D eigenvalue weighted by molar-refractivity contribution is -0.168. The Labute approximate surface area is 121 Å². The summed E-state index contributed by atoms with van der Waals surface area (Å²) in [4.78, 5) is 24.5. The molecular weight excluding hydrogens is 256 g/mol. The lowest BCUT2D eigenvalue weighted by Gasteiger charge is -2.43. The van der Waals surface area contributed by atoms with Gasteiger partial charge in [0.1, 0.15) is 0 Å². The van der Waals surface area contributed by atoms with Crippen molar-refractivity contribution in [2.75, 3.05) is 13.2 Å². The van der Waals surface area contributed by atoms with Crippen LogP contribution in [0.2, 0.25) is 0 Å². The summed E-state index contributed by atoms with van der Waals surface area (Å²) in [7, 11) is 0. The van der Waals surface area contributed by atoms with Crippen molar-refractivity contribution in [2.24, 2.45) is 23.7 Å². The number of carbonyl (C=O) groups excluding carboxylic acids is 2. The van der Waals surface area contributed by atoms with Crippen molar-refractivity contribution in [2.45, 2.75) is 52.4 Å². The summed E-state index contributed by atoms with van der Waals surface area (Å²) < 4.78 is 10.4. The Morgan fingerprint density at radius 1 is 0.900 bits per heavy atom. The normalized spacial score (nSPS) is 33.1. The van der Waals surface area contributed by atoms with Gasteiger partial charge in [-0.3, -0.25) is 9.59 Å². The Balaban J connectivity index is 2.17. The largest absolute Gasteiger partial charge is 0.466 e. The summed E-state index contributed by atoms with van der Waals surface area (Å²) in [6, 6.07) is 0. The van der Waals surface area contributed by atoms with Gasteiger partial charge in [-0.2, -0.15) is 0 Å². The summed E-state index contributed by atoms with van der Waals surface area (Å²) in [5.74, 6) is -0.0899. The molecule has 4 unspecified atom stereocenters. The number of fused-ring (bicyclic) bond motifs is 1. The lowest BCUT2D eigenvalue weighted by atomic mass is 9.61. The van der Waals surface area contributed by atoms with Crippen LogP contribution in [0.15, 0.2) is 0 Å². The quantitative estimate of drug-likeness (QED) is 0.744. The molecule has 0 aromatic heterocycles. The number of carbonyl (C=O) groups is 2. The van der Waals surface area contributed by atoms with Crippen LogP contribution in [0.1, 0.15) is 52.4 Å². The Hall–Kier alpha value is -1.06. The molecule has 0 radical (unpaired) electrons. The van der Waals surface area contributed by atoms with Crippen LogP contribution in [0.4, 0.5) is 0 Å². The van der Waals surface area contributed by atoms with Gasteiger partial charge in [-0.1, -0.05) is 19.3 Å². The second kappa shape index (κ2) is 7.09. The zero-order chi connectivity index (χ0) is 14.5. The van der Waals surface area contributed by atoms with Gasteiger partial charge in [-0.05, 0) is 44.9 Å². The van der Waals surface area contributed by atoms with Crippen molar-refractivity contribution in [3.8, 4) is 0 Å². The van der Waals surface area contributed by atoms with E-state index in [1.165, 1.54) is 12.8 Å². The molecule has 2 aliphatic carbocycles. The molecule has 4 heteroatoms. The molecule has 2 saturated carbocycles. The minimum absolute atomic E-state index is 0.192. The molecule has 0 heterocycles. The van der Waals surface area contributed by atoms with Crippen LogP contribution in [-0.4, -0.2) is 25.2 Å². The molecule has 20 heavy (non-hydrogen) atoms. The highest BCUT2D eigenvalue weighted by Gasteiger charge is 2.48. The van der Waals surface area contributed by atoms with E-state index < -0.39 is 0 Å². The van der Waals surface area contributed by atoms with E-state index >= 15 is 0 Å². The summed E-state index contributed by atoms with van der Waals surface area (Å²) in [6.07, 6.45) is 6.46. The van der Waals surface area contributed by atoms with Gasteiger partial charge in [0.25, 0.3) is 0 Å². The second-order valence-electron chi connectivity index (χ2n) is 5.92. The highest BCUT2D eigenvalue weighted by Crippen LogP contribution is 2.47. The van der Waals surface area contributed by atoms with Crippen LogP contribution in [0.25, 0.3) is 0 Å².